The van der Waals surface area contributed by atoms with Gasteiger partial charge in [0.25, 0.3) is 0 Å². The quantitative estimate of drug-likeness (QED) is 0.694. The smallest absolute Gasteiger partial charge is 0.161 e. The molecule has 0 radical (unpaired) electrons. The van der Waals surface area contributed by atoms with Crippen molar-refractivity contribution in [3.63, 3.8) is 0 Å². The van der Waals surface area contributed by atoms with E-state index in [1.807, 2.05) is 24.4 Å². The molecule has 22 heavy (non-hydrogen) atoms. The van der Waals surface area contributed by atoms with E-state index in [0.29, 0.717) is 31.2 Å². The molecule has 0 aliphatic heterocycles. The van der Waals surface area contributed by atoms with Crippen molar-refractivity contribution < 1.29 is 14.6 Å². The van der Waals surface area contributed by atoms with Crippen LogP contribution in [0.1, 0.15) is 5.56 Å². The van der Waals surface area contributed by atoms with Crippen molar-refractivity contribution in [3.05, 3.63) is 48.8 Å². The second-order valence-corrected chi connectivity index (χ2v) is 4.65. The highest BCUT2D eigenvalue weighted by atomic mass is 16.5. The van der Waals surface area contributed by atoms with Gasteiger partial charge in [0.1, 0.15) is 6.61 Å². The molecule has 0 spiro atoms. The van der Waals surface area contributed by atoms with Gasteiger partial charge in [0.15, 0.2) is 11.5 Å². The van der Waals surface area contributed by atoms with Gasteiger partial charge in [-0.05, 0) is 17.7 Å². The minimum atomic E-state index is 0.0739. The van der Waals surface area contributed by atoms with Crippen molar-refractivity contribution in [2.24, 2.45) is 0 Å². The van der Waals surface area contributed by atoms with Gasteiger partial charge in [0.05, 0.1) is 32.1 Å². The molecule has 0 saturated heterocycles. The van der Waals surface area contributed by atoms with Gasteiger partial charge in [0, 0.05) is 12.7 Å². The number of ether oxygens (including phenoxy) is 2. The third-order valence-electron chi connectivity index (χ3n) is 3.04. The molecule has 0 unspecified atom stereocenters. The molecule has 0 bridgehead atoms. The molecule has 1 aromatic heterocycles. The first-order valence-corrected chi connectivity index (χ1v) is 7.04. The molecule has 1 aromatic carbocycles. The number of aliphatic hydroxyl groups is 1. The standard InChI is InChI=1S/C16H21N3O3/c1-3-8-22-15-5-4-13(9-16(15)21-2)10-17-14-11-18-19(12-14)6-7-20/h3-5,9,11-12,17,20H,1,6-8,10H2,2H3. The number of nitrogens with zero attached hydrogens (tertiary/aromatic N) is 2. The molecule has 0 aliphatic rings. The molecule has 1 heterocycles. The number of nitrogens with one attached hydrogen (secondary N) is 1. The lowest BCUT2D eigenvalue weighted by molar-refractivity contribution is 0.269. The highest BCUT2D eigenvalue weighted by Crippen LogP contribution is 2.28. The molecule has 0 aliphatic carbocycles. The van der Waals surface area contributed by atoms with E-state index in [1.165, 1.54) is 0 Å². The zero-order valence-electron chi connectivity index (χ0n) is 12.7. The number of benzene rings is 1. The highest BCUT2D eigenvalue weighted by molar-refractivity contribution is 5.45. The van der Waals surface area contributed by atoms with Crippen LogP contribution in [0.15, 0.2) is 43.2 Å². The number of aromatic nitrogens is 2. The van der Waals surface area contributed by atoms with Crippen molar-refractivity contribution in [1.82, 2.24) is 9.78 Å². The summed E-state index contributed by atoms with van der Waals surface area (Å²) < 4.78 is 12.6. The third kappa shape index (κ3) is 4.26. The maximum Gasteiger partial charge on any atom is 0.161 e. The molecule has 0 fully saturated rings. The van der Waals surface area contributed by atoms with Crippen LogP contribution in [-0.2, 0) is 13.1 Å². The summed E-state index contributed by atoms with van der Waals surface area (Å²) in [7, 11) is 1.62. The van der Waals surface area contributed by atoms with Crippen LogP contribution in [0.3, 0.4) is 0 Å². The first kappa shape index (κ1) is 15.9. The second kappa shape index (κ2) is 8.09. The van der Waals surface area contributed by atoms with Gasteiger partial charge < -0.3 is 19.9 Å². The monoisotopic (exact) mass is 303 g/mol. The first-order chi connectivity index (χ1) is 10.8. The molecule has 2 aromatic rings. The molecule has 0 saturated carbocycles. The lowest BCUT2D eigenvalue weighted by atomic mass is 10.2. The van der Waals surface area contributed by atoms with E-state index < -0.39 is 0 Å². The van der Waals surface area contributed by atoms with Crippen molar-refractivity contribution in [3.8, 4) is 11.5 Å². The van der Waals surface area contributed by atoms with Gasteiger partial charge >= 0.3 is 0 Å². The number of anilines is 1. The van der Waals surface area contributed by atoms with Crippen LogP contribution in [0.2, 0.25) is 0 Å². The average Bonchev–Trinajstić information content (AvgIpc) is 2.99. The number of methoxy groups -OCH3 is 1. The summed E-state index contributed by atoms with van der Waals surface area (Å²) in [5, 5.41) is 16.3. The lowest BCUT2D eigenvalue weighted by Crippen LogP contribution is -2.02. The van der Waals surface area contributed by atoms with E-state index in [2.05, 4.69) is 17.0 Å². The molecular formula is C16H21N3O3. The van der Waals surface area contributed by atoms with E-state index in [1.54, 1.807) is 24.1 Å². The van der Waals surface area contributed by atoms with Crippen LogP contribution in [0, 0.1) is 0 Å². The molecular weight excluding hydrogens is 282 g/mol. The minimum absolute atomic E-state index is 0.0739. The Hall–Kier alpha value is -2.47. The molecule has 6 heteroatoms. The summed E-state index contributed by atoms with van der Waals surface area (Å²) >= 11 is 0. The molecule has 118 valence electrons. The predicted octanol–water partition coefficient (Wildman–Crippen LogP) is 2.06. The predicted molar refractivity (Wildman–Crippen MR) is 85.3 cm³/mol. The fourth-order valence-corrected chi connectivity index (χ4v) is 1.97. The van der Waals surface area contributed by atoms with Gasteiger partial charge in [-0.15, -0.1) is 0 Å². The summed E-state index contributed by atoms with van der Waals surface area (Å²) in [6.45, 7) is 5.28. The number of hydrogen-bond acceptors (Lipinski definition) is 5. The normalized spacial score (nSPS) is 10.3. The van der Waals surface area contributed by atoms with E-state index in [0.717, 1.165) is 11.3 Å². The third-order valence-corrected chi connectivity index (χ3v) is 3.04. The summed E-state index contributed by atoms with van der Waals surface area (Å²) in [4.78, 5) is 0. The van der Waals surface area contributed by atoms with Crippen LogP contribution >= 0.6 is 0 Å². The average molecular weight is 303 g/mol. The fourth-order valence-electron chi connectivity index (χ4n) is 1.97. The Balaban J connectivity index is 1.98. The van der Waals surface area contributed by atoms with Gasteiger partial charge in [0.2, 0.25) is 0 Å². The fraction of sp³-hybridized carbons (Fsp3) is 0.312. The maximum atomic E-state index is 8.87. The Morgan fingerprint density at radius 3 is 3.00 bits per heavy atom. The highest BCUT2D eigenvalue weighted by Gasteiger charge is 2.06. The minimum Gasteiger partial charge on any atom is -0.493 e. The molecule has 0 amide bonds. The molecule has 6 nitrogen and oxygen atoms in total. The van der Waals surface area contributed by atoms with Crippen molar-refractivity contribution >= 4 is 5.69 Å². The van der Waals surface area contributed by atoms with E-state index in [-0.39, 0.29) is 6.61 Å². The zero-order chi connectivity index (χ0) is 15.8. The van der Waals surface area contributed by atoms with Crippen molar-refractivity contribution in [1.29, 1.82) is 0 Å². The lowest BCUT2D eigenvalue weighted by Gasteiger charge is -2.11. The maximum absolute atomic E-state index is 8.87. The number of hydrogen-bond donors (Lipinski definition) is 2. The molecule has 2 rings (SSSR count). The summed E-state index contributed by atoms with van der Waals surface area (Å²) in [6, 6.07) is 5.80. The Morgan fingerprint density at radius 1 is 1.41 bits per heavy atom. The van der Waals surface area contributed by atoms with Gasteiger partial charge in [-0.1, -0.05) is 18.7 Å². The Kier molecular flexibility index (Phi) is 5.85. The Labute approximate surface area is 130 Å². The largest absolute Gasteiger partial charge is 0.493 e. The van der Waals surface area contributed by atoms with Crippen LogP contribution in [-0.4, -0.2) is 35.2 Å². The van der Waals surface area contributed by atoms with E-state index >= 15 is 0 Å². The van der Waals surface area contributed by atoms with Crippen LogP contribution < -0.4 is 14.8 Å². The SMILES string of the molecule is C=CCOc1ccc(CNc2cnn(CCO)c2)cc1OC. The summed E-state index contributed by atoms with van der Waals surface area (Å²) in [6.07, 6.45) is 5.28. The van der Waals surface area contributed by atoms with Crippen molar-refractivity contribution in [2.45, 2.75) is 13.1 Å². The zero-order valence-corrected chi connectivity index (χ0v) is 12.7. The number of rotatable bonds is 9. The summed E-state index contributed by atoms with van der Waals surface area (Å²) in [5.74, 6) is 1.39. The first-order valence-electron chi connectivity index (χ1n) is 7.04. The van der Waals surface area contributed by atoms with Gasteiger partial charge in [-0.25, -0.2) is 0 Å². The molecule has 2 N–H and O–H groups in total. The van der Waals surface area contributed by atoms with E-state index in [4.69, 9.17) is 14.6 Å². The van der Waals surface area contributed by atoms with Crippen molar-refractivity contribution in [2.75, 3.05) is 25.6 Å². The topological polar surface area (TPSA) is 68.5 Å². The van der Waals surface area contributed by atoms with Crippen LogP contribution in [0.25, 0.3) is 0 Å². The van der Waals surface area contributed by atoms with Crippen LogP contribution in [0.5, 0.6) is 11.5 Å². The van der Waals surface area contributed by atoms with Gasteiger partial charge in [-0.2, -0.15) is 5.10 Å². The second-order valence-electron chi connectivity index (χ2n) is 4.65. The van der Waals surface area contributed by atoms with Gasteiger partial charge in [-0.3, -0.25) is 4.68 Å². The Bertz CT molecular complexity index is 610. The summed E-state index contributed by atoms with van der Waals surface area (Å²) in [5.41, 5.74) is 1.97. The Morgan fingerprint density at radius 2 is 2.27 bits per heavy atom. The van der Waals surface area contributed by atoms with Crippen LogP contribution in [0.4, 0.5) is 5.69 Å². The number of aliphatic hydroxyl groups excluding tert-OH is 1. The van der Waals surface area contributed by atoms with E-state index in [9.17, 15) is 0 Å². The molecule has 0 atom stereocenters.